The van der Waals surface area contributed by atoms with E-state index >= 15 is 0 Å². The number of fused-ring (bicyclic) bond motifs is 2. The predicted molar refractivity (Wildman–Crippen MR) is 59.3 cm³/mol. The van der Waals surface area contributed by atoms with E-state index in [1.54, 1.807) is 0 Å². The molecule has 3 fully saturated rings. The van der Waals surface area contributed by atoms with Gasteiger partial charge in [0.25, 0.3) is 0 Å². The van der Waals surface area contributed by atoms with Gasteiger partial charge in [-0.15, -0.1) is 0 Å². The molecule has 2 aliphatic heterocycles. The van der Waals surface area contributed by atoms with E-state index in [9.17, 15) is 5.26 Å². The number of nitrogens with zero attached hydrogens (tertiary/aromatic N) is 2. The molecule has 2 heteroatoms. The summed E-state index contributed by atoms with van der Waals surface area (Å²) in [6.07, 6.45) is 11.7. The van der Waals surface area contributed by atoms with E-state index in [1.165, 1.54) is 44.9 Å². The maximum atomic E-state index is 9.45. The molecule has 0 aromatic carbocycles. The minimum absolute atomic E-state index is 0.0350. The molecule has 82 valence electrons. The summed E-state index contributed by atoms with van der Waals surface area (Å²) in [5.41, 5.74) is -0.0350. The average molecular weight is 204 g/mol. The lowest BCUT2D eigenvalue weighted by molar-refractivity contribution is 0.106. The molecule has 1 aliphatic carbocycles. The molecule has 0 spiro atoms. The van der Waals surface area contributed by atoms with Crippen molar-refractivity contribution in [1.29, 1.82) is 5.26 Å². The fourth-order valence-corrected chi connectivity index (χ4v) is 4.14. The third kappa shape index (κ3) is 1.33. The summed E-state index contributed by atoms with van der Waals surface area (Å²) >= 11 is 0. The van der Waals surface area contributed by atoms with Crippen LogP contribution in [0.3, 0.4) is 0 Å². The van der Waals surface area contributed by atoms with Crippen LogP contribution in [0.15, 0.2) is 0 Å². The highest BCUT2D eigenvalue weighted by molar-refractivity contribution is 5.20. The van der Waals surface area contributed by atoms with E-state index in [4.69, 9.17) is 0 Å². The molecule has 2 bridgehead atoms. The van der Waals surface area contributed by atoms with Crippen molar-refractivity contribution < 1.29 is 0 Å². The van der Waals surface area contributed by atoms with Crippen LogP contribution in [-0.4, -0.2) is 22.5 Å². The van der Waals surface area contributed by atoms with Gasteiger partial charge in [-0.1, -0.05) is 19.3 Å². The summed E-state index contributed by atoms with van der Waals surface area (Å²) in [4.78, 5) is 2.63. The van der Waals surface area contributed by atoms with Crippen molar-refractivity contribution in [2.75, 3.05) is 0 Å². The molecule has 0 amide bonds. The first-order valence-corrected chi connectivity index (χ1v) is 6.55. The zero-order valence-electron chi connectivity index (χ0n) is 9.41. The second kappa shape index (κ2) is 3.49. The molecule has 0 unspecified atom stereocenters. The molecule has 2 saturated heterocycles. The molecule has 0 N–H and O–H groups in total. The van der Waals surface area contributed by atoms with Crippen molar-refractivity contribution in [2.24, 2.45) is 0 Å². The Kier molecular flexibility index (Phi) is 2.25. The summed E-state index contributed by atoms with van der Waals surface area (Å²) < 4.78 is 0. The van der Waals surface area contributed by atoms with Crippen LogP contribution in [0.25, 0.3) is 0 Å². The Morgan fingerprint density at radius 3 is 2.13 bits per heavy atom. The van der Waals surface area contributed by atoms with Gasteiger partial charge in [0.05, 0.1) is 6.07 Å². The van der Waals surface area contributed by atoms with Gasteiger partial charge in [-0.3, -0.25) is 4.90 Å². The van der Waals surface area contributed by atoms with Gasteiger partial charge in [0.2, 0.25) is 0 Å². The average Bonchev–Trinajstić information content (AvgIpc) is 2.86. The van der Waals surface area contributed by atoms with E-state index in [0.29, 0.717) is 0 Å². The lowest BCUT2D eigenvalue weighted by Crippen LogP contribution is -2.47. The molecule has 0 aromatic heterocycles. The van der Waals surface area contributed by atoms with Gasteiger partial charge in [0.1, 0.15) is 5.54 Å². The number of hydrogen-bond donors (Lipinski definition) is 0. The highest BCUT2D eigenvalue weighted by atomic mass is 15.3. The number of hydrogen-bond acceptors (Lipinski definition) is 2. The zero-order chi connectivity index (χ0) is 10.3. The Bertz CT molecular complexity index is 277. The van der Waals surface area contributed by atoms with Crippen LogP contribution in [-0.2, 0) is 0 Å². The molecule has 0 radical (unpaired) electrons. The van der Waals surface area contributed by atoms with E-state index < -0.39 is 0 Å². The van der Waals surface area contributed by atoms with E-state index in [1.807, 2.05) is 0 Å². The van der Waals surface area contributed by atoms with Gasteiger partial charge in [0.15, 0.2) is 0 Å². The molecular formula is C13H20N2. The van der Waals surface area contributed by atoms with E-state index in [-0.39, 0.29) is 5.54 Å². The molecule has 1 saturated carbocycles. The summed E-state index contributed by atoms with van der Waals surface area (Å²) in [5, 5.41) is 9.45. The molecule has 3 aliphatic rings. The van der Waals surface area contributed by atoms with Crippen molar-refractivity contribution in [3.8, 4) is 6.07 Å². The minimum atomic E-state index is -0.0350. The van der Waals surface area contributed by atoms with Crippen molar-refractivity contribution >= 4 is 0 Å². The van der Waals surface area contributed by atoms with Crippen LogP contribution >= 0.6 is 0 Å². The standard InChI is InChI=1S/C13H20N2/c14-10-13-8-6-12(7-9-13)15(13)11-4-2-1-3-5-11/h11-12H,1-9H2. The van der Waals surface area contributed by atoms with Gasteiger partial charge in [0, 0.05) is 12.1 Å². The third-order valence-corrected chi connectivity index (χ3v) is 4.85. The second-order valence-electron chi connectivity index (χ2n) is 5.57. The Hall–Kier alpha value is -0.550. The second-order valence-corrected chi connectivity index (χ2v) is 5.57. The molecule has 2 heterocycles. The van der Waals surface area contributed by atoms with Gasteiger partial charge in [-0.05, 0) is 38.5 Å². The largest absolute Gasteiger partial charge is 0.280 e. The Balaban J connectivity index is 1.83. The zero-order valence-corrected chi connectivity index (χ0v) is 9.41. The number of nitriles is 1. The molecule has 15 heavy (non-hydrogen) atoms. The smallest absolute Gasteiger partial charge is 0.109 e. The lowest BCUT2D eigenvalue weighted by Gasteiger charge is -2.38. The quantitative estimate of drug-likeness (QED) is 0.656. The highest BCUT2D eigenvalue weighted by Crippen LogP contribution is 2.49. The maximum absolute atomic E-state index is 9.45. The van der Waals surface area contributed by atoms with Crippen molar-refractivity contribution in [2.45, 2.75) is 75.4 Å². The molecular weight excluding hydrogens is 184 g/mol. The predicted octanol–water partition coefficient (Wildman–Crippen LogP) is 2.84. The highest BCUT2D eigenvalue weighted by Gasteiger charge is 2.54. The minimum Gasteiger partial charge on any atom is -0.280 e. The van der Waals surface area contributed by atoms with Crippen molar-refractivity contribution in [3.63, 3.8) is 0 Å². The Labute approximate surface area is 92.3 Å². The Morgan fingerprint density at radius 1 is 0.933 bits per heavy atom. The SMILES string of the molecule is N#CC12CCC(CC1)N2C1CCCCC1. The van der Waals surface area contributed by atoms with Gasteiger partial charge in [-0.2, -0.15) is 5.26 Å². The molecule has 0 atom stereocenters. The van der Waals surface area contributed by atoms with Crippen LogP contribution in [0.4, 0.5) is 0 Å². The topological polar surface area (TPSA) is 27.0 Å². The maximum Gasteiger partial charge on any atom is 0.109 e. The summed E-state index contributed by atoms with van der Waals surface area (Å²) in [6, 6.07) is 4.14. The molecule has 0 aromatic rings. The normalized spacial score (nSPS) is 41.9. The summed E-state index contributed by atoms with van der Waals surface area (Å²) in [6.45, 7) is 0. The first-order valence-electron chi connectivity index (χ1n) is 6.55. The van der Waals surface area contributed by atoms with Crippen LogP contribution in [0.1, 0.15) is 57.8 Å². The monoisotopic (exact) mass is 204 g/mol. The van der Waals surface area contributed by atoms with Gasteiger partial charge >= 0.3 is 0 Å². The fraction of sp³-hybridized carbons (Fsp3) is 0.923. The first-order chi connectivity index (χ1) is 7.36. The molecule has 2 nitrogen and oxygen atoms in total. The molecule has 3 rings (SSSR count). The van der Waals surface area contributed by atoms with Crippen molar-refractivity contribution in [3.05, 3.63) is 0 Å². The van der Waals surface area contributed by atoms with Gasteiger partial charge < -0.3 is 0 Å². The number of rotatable bonds is 1. The van der Waals surface area contributed by atoms with Crippen LogP contribution in [0.5, 0.6) is 0 Å². The fourth-order valence-electron chi connectivity index (χ4n) is 4.14. The lowest BCUT2D eigenvalue weighted by atomic mass is 9.88. The third-order valence-electron chi connectivity index (χ3n) is 4.85. The van der Waals surface area contributed by atoms with E-state index in [2.05, 4.69) is 11.0 Å². The summed E-state index contributed by atoms with van der Waals surface area (Å²) in [5.74, 6) is 0. The summed E-state index contributed by atoms with van der Waals surface area (Å²) in [7, 11) is 0. The van der Waals surface area contributed by atoms with Crippen LogP contribution in [0, 0.1) is 11.3 Å². The van der Waals surface area contributed by atoms with Crippen LogP contribution < -0.4 is 0 Å². The first kappa shape index (κ1) is 9.66. The Morgan fingerprint density at radius 2 is 1.53 bits per heavy atom. The van der Waals surface area contributed by atoms with E-state index in [0.717, 1.165) is 24.9 Å². The van der Waals surface area contributed by atoms with Gasteiger partial charge in [-0.25, -0.2) is 0 Å². The van der Waals surface area contributed by atoms with Crippen LogP contribution in [0.2, 0.25) is 0 Å². The van der Waals surface area contributed by atoms with Crippen molar-refractivity contribution in [1.82, 2.24) is 4.90 Å².